The second kappa shape index (κ2) is 8.27. The van der Waals surface area contributed by atoms with Crippen molar-refractivity contribution in [3.05, 3.63) is 128 Å². The Bertz CT molecular complexity index is 2710. The van der Waals surface area contributed by atoms with Crippen molar-refractivity contribution in [2.45, 2.75) is 0 Å². The van der Waals surface area contributed by atoms with Crippen LogP contribution in [0.15, 0.2) is 128 Å². The molecule has 0 saturated heterocycles. The first-order chi connectivity index (χ1) is 21.3. The molecule has 0 aliphatic heterocycles. The number of hydrogen-bond donors (Lipinski definition) is 0. The smallest absolute Gasteiger partial charge is 0.147 e. The van der Waals surface area contributed by atoms with Crippen molar-refractivity contribution in [2.24, 2.45) is 0 Å². The molecule has 43 heavy (non-hydrogen) atoms. The van der Waals surface area contributed by atoms with Crippen LogP contribution in [0.25, 0.3) is 76.9 Å². The number of fused-ring (bicyclic) bond motifs is 12. The molecular weight excluding hydrogens is 530 g/mol. The van der Waals surface area contributed by atoms with Gasteiger partial charge in [0, 0.05) is 62.5 Å². The molecule has 6 aromatic heterocycles. The van der Waals surface area contributed by atoms with Crippen LogP contribution in [-0.2, 0) is 0 Å². The highest BCUT2D eigenvalue weighted by Gasteiger charge is 2.19. The van der Waals surface area contributed by atoms with Gasteiger partial charge in [-0.15, -0.1) is 0 Å². The quantitative estimate of drug-likeness (QED) is 0.206. The van der Waals surface area contributed by atoms with E-state index in [-0.39, 0.29) is 0 Å². The summed E-state index contributed by atoms with van der Waals surface area (Å²) in [5.74, 6) is 1.52. The summed E-state index contributed by atoms with van der Waals surface area (Å²) in [6, 6.07) is 37.5. The summed E-state index contributed by atoms with van der Waals surface area (Å²) in [4.78, 5) is 14.6. The zero-order valence-corrected chi connectivity index (χ0v) is 22.8. The average molecular weight is 552 g/mol. The SMILES string of the molecule is c1ccc(-c2cn3c4ncccc4c4ccc(Oc5ccc6c7cccc8c9cccnc9n(c6c5)c78)cc4c3n2)cc1. The third kappa shape index (κ3) is 3.09. The van der Waals surface area contributed by atoms with Gasteiger partial charge in [-0.25, -0.2) is 15.0 Å². The van der Waals surface area contributed by atoms with Crippen LogP contribution in [0, 0.1) is 0 Å². The van der Waals surface area contributed by atoms with Crippen molar-refractivity contribution in [2.75, 3.05) is 0 Å². The Balaban J connectivity index is 1.17. The summed E-state index contributed by atoms with van der Waals surface area (Å²) in [6.45, 7) is 0. The topological polar surface area (TPSA) is 56.7 Å². The summed E-state index contributed by atoms with van der Waals surface area (Å²) in [5.41, 5.74) is 6.94. The Morgan fingerprint density at radius 2 is 1.21 bits per heavy atom. The molecule has 6 heterocycles. The zero-order chi connectivity index (χ0) is 28.1. The van der Waals surface area contributed by atoms with Crippen LogP contribution >= 0.6 is 0 Å². The van der Waals surface area contributed by atoms with Gasteiger partial charge in [-0.05, 0) is 60.0 Å². The maximum absolute atomic E-state index is 6.56. The van der Waals surface area contributed by atoms with E-state index < -0.39 is 0 Å². The highest BCUT2D eigenvalue weighted by atomic mass is 16.5. The Hall–Kier alpha value is -6.01. The fourth-order valence-corrected chi connectivity index (χ4v) is 6.75. The number of ether oxygens (including phenoxy) is 1. The second-order valence-electron chi connectivity index (χ2n) is 11.0. The maximum atomic E-state index is 6.56. The lowest BCUT2D eigenvalue weighted by Crippen LogP contribution is -1.93. The molecule has 0 fully saturated rings. The van der Waals surface area contributed by atoms with Crippen LogP contribution < -0.4 is 4.74 Å². The van der Waals surface area contributed by atoms with E-state index in [0.29, 0.717) is 0 Å². The van der Waals surface area contributed by atoms with Crippen molar-refractivity contribution in [1.29, 1.82) is 0 Å². The molecule has 6 heteroatoms. The first-order valence-electron chi connectivity index (χ1n) is 14.3. The van der Waals surface area contributed by atoms with E-state index in [0.717, 1.165) is 66.8 Å². The minimum atomic E-state index is 0.748. The molecule has 0 radical (unpaired) electrons. The molecule has 0 aliphatic rings. The van der Waals surface area contributed by atoms with Gasteiger partial charge in [0.15, 0.2) is 0 Å². The summed E-state index contributed by atoms with van der Waals surface area (Å²) in [6.07, 6.45) is 5.76. The predicted octanol–water partition coefficient (Wildman–Crippen LogP) is 9.04. The van der Waals surface area contributed by atoms with Crippen LogP contribution in [0.3, 0.4) is 0 Å². The summed E-state index contributed by atoms with van der Waals surface area (Å²) in [7, 11) is 0. The average Bonchev–Trinajstić information content (AvgIpc) is 3.75. The van der Waals surface area contributed by atoms with E-state index in [1.807, 2.05) is 54.9 Å². The van der Waals surface area contributed by atoms with Crippen LogP contribution in [0.2, 0.25) is 0 Å². The van der Waals surface area contributed by atoms with Gasteiger partial charge in [-0.1, -0.05) is 48.5 Å². The number of rotatable bonds is 3. The molecule has 0 aliphatic carbocycles. The number of aromatic nitrogens is 5. The molecule has 0 amide bonds. The van der Waals surface area contributed by atoms with E-state index in [9.17, 15) is 0 Å². The Morgan fingerprint density at radius 1 is 0.512 bits per heavy atom. The van der Waals surface area contributed by atoms with Crippen LogP contribution in [-0.4, -0.2) is 23.8 Å². The summed E-state index contributed by atoms with van der Waals surface area (Å²) >= 11 is 0. The van der Waals surface area contributed by atoms with Crippen molar-refractivity contribution in [3.63, 3.8) is 0 Å². The third-order valence-corrected chi connectivity index (χ3v) is 8.60. The zero-order valence-electron chi connectivity index (χ0n) is 22.8. The molecule has 0 atom stereocenters. The van der Waals surface area contributed by atoms with Gasteiger partial charge in [0.2, 0.25) is 0 Å². The Kier molecular flexibility index (Phi) is 4.36. The number of pyridine rings is 3. The molecule has 0 spiro atoms. The molecule has 10 rings (SSSR count). The number of hydrogen-bond acceptors (Lipinski definition) is 4. The molecule has 0 bridgehead atoms. The van der Waals surface area contributed by atoms with E-state index in [2.05, 4.69) is 81.7 Å². The van der Waals surface area contributed by atoms with Crippen molar-refractivity contribution in [1.82, 2.24) is 23.8 Å². The second-order valence-corrected chi connectivity index (χ2v) is 11.0. The van der Waals surface area contributed by atoms with Gasteiger partial charge in [0.1, 0.15) is 28.4 Å². The number of para-hydroxylation sites is 1. The molecule has 6 nitrogen and oxygen atoms in total. The van der Waals surface area contributed by atoms with E-state index >= 15 is 0 Å². The fraction of sp³-hybridized carbons (Fsp3) is 0. The van der Waals surface area contributed by atoms with E-state index in [1.54, 1.807) is 0 Å². The molecule has 200 valence electrons. The molecular formula is C37H21N5O. The lowest BCUT2D eigenvalue weighted by Gasteiger charge is -2.10. The maximum Gasteiger partial charge on any atom is 0.147 e. The third-order valence-electron chi connectivity index (χ3n) is 8.60. The minimum absolute atomic E-state index is 0.748. The van der Waals surface area contributed by atoms with Crippen molar-refractivity contribution in [3.8, 4) is 22.8 Å². The van der Waals surface area contributed by atoms with Crippen LogP contribution in [0.1, 0.15) is 0 Å². The van der Waals surface area contributed by atoms with Crippen molar-refractivity contribution >= 4 is 65.7 Å². The fourth-order valence-electron chi connectivity index (χ4n) is 6.75. The molecule has 0 N–H and O–H groups in total. The van der Waals surface area contributed by atoms with Gasteiger partial charge < -0.3 is 4.74 Å². The lowest BCUT2D eigenvalue weighted by atomic mass is 10.1. The summed E-state index contributed by atoms with van der Waals surface area (Å²) < 4.78 is 10.9. The largest absolute Gasteiger partial charge is 0.457 e. The first kappa shape index (κ1) is 22.7. The van der Waals surface area contributed by atoms with Crippen LogP contribution in [0.4, 0.5) is 0 Å². The molecule has 10 aromatic rings. The monoisotopic (exact) mass is 551 g/mol. The van der Waals surface area contributed by atoms with E-state index in [4.69, 9.17) is 19.7 Å². The van der Waals surface area contributed by atoms with Gasteiger partial charge in [-0.2, -0.15) is 0 Å². The lowest BCUT2D eigenvalue weighted by molar-refractivity contribution is 0.484. The number of benzene rings is 4. The Labute approximate surface area is 244 Å². The van der Waals surface area contributed by atoms with Gasteiger partial charge in [0.05, 0.1) is 16.7 Å². The number of imidazole rings is 1. The summed E-state index contributed by atoms with van der Waals surface area (Å²) in [5, 5.41) is 7.95. The predicted molar refractivity (Wildman–Crippen MR) is 172 cm³/mol. The molecule has 4 aromatic carbocycles. The van der Waals surface area contributed by atoms with Gasteiger partial charge in [0.25, 0.3) is 0 Å². The highest BCUT2D eigenvalue weighted by molar-refractivity contribution is 6.22. The van der Waals surface area contributed by atoms with Gasteiger partial charge >= 0.3 is 0 Å². The molecule has 0 unspecified atom stereocenters. The molecule has 0 saturated carbocycles. The number of nitrogens with zero attached hydrogens (tertiary/aromatic N) is 5. The first-order valence-corrected chi connectivity index (χ1v) is 14.3. The standard InChI is InChI=1S/C37H21N5O/c1-2-7-22(8-3-1)32-21-41-35-29(11-5-17-38-35)25-15-13-23(19-31(25)37(41)40-32)43-24-14-16-26-27-9-4-10-28-30-12-6-18-39-36(30)42(34(27)28)33(26)20-24/h1-21H. The minimum Gasteiger partial charge on any atom is -0.457 e. The Morgan fingerprint density at radius 3 is 2.05 bits per heavy atom. The van der Waals surface area contributed by atoms with Crippen LogP contribution in [0.5, 0.6) is 11.5 Å². The highest BCUT2D eigenvalue weighted by Crippen LogP contribution is 2.40. The van der Waals surface area contributed by atoms with Crippen molar-refractivity contribution < 1.29 is 4.74 Å². The van der Waals surface area contributed by atoms with Gasteiger partial charge in [-0.3, -0.25) is 8.80 Å². The van der Waals surface area contributed by atoms with E-state index in [1.165, 1.54) is 21.7 Å². The normalized spacial score (nSPS) is 12.2.